The van der Waals surface area contributed by atoms with Gasteiger partial charge in [0, 0.05) is 25.3 Å². The van der Waals surface area contributed by atoms with Crippen LogP contribution >= 0.6 is 0 Å². The van der Waals surface area contributed by atoms with Gasteiger partial charge in [-0.05, 0) is 50.7 Å². The molecule has 1 aromatic heterocycles. The number of pyridine rings is 1. The average molecular weight is 361 g/mol. The molecule has 0 unspecified atom stereocenters. The second-order valence-corrected chi connectivity index (χ2v) is 7.20. The van der Waals surface area contributed by atoms with Crippen molar-refractivity contribution in [3.63, 3.8) is 0 Å². The third-order valence-electron chi connectivity index (χ3n) is 5.33. The highest BCUT2D eigenvalue weighted by Gasteiger charge is 2.29. The first-order chi connectivity index (χ1) is 12.6. The van der Waals surface area contributed by atoms with E-state index in [0.717, 1.165) is 50.9 Å². The van der Waals surface area contributed by atoms with Crippen LogP contribution < -0.4 is 10.2 Å². The third kappa shape index (κ3) is 4.52. The van der Waals surface area contributed by atoms with Gasteiger partial charge < -0.3 is 20.1 Å². The molecule has 1 aromatic rings. The number of amides is 1. The summed E-state index contributed by atoms with van der Waals surface area (Å²) in [6, 6.07) is 3.68. The molecule has 0 spiro atoms. The van der Waals surface area contributed by atoms with E-state index < -0.39 is 5.97 Å². The minimum absolute atomic E-state index is 0.0577. The second kappa shape index (κ2) is 8.49. The molecule has 2 heterocycles. The van der Waals surface area contributed by atoms with Crippen molar-refractivity contribution in [2.24, 2.45) is 5.92 Å². The van der Waals surface area contributed by atoms with Gasteiger partial charge in [0.2, 0.25) is 5.91 Å². The molecule has 142 valence electrons. The first kappa shape index (κ1) is 18.6. The summed E-state index contributed by atoms with van der Waals surface area (Å²) < 4.78 is 4.69. The molecule has 1 saturated carbocycles. The topological polar surface area (TPSA) is 91.8 Å². The predicted octanol–water partition coefficient (Wildman–Crippen LogP) is 1.50. The number of carbonyl (C=O) groups excluding carboxylic acids is 2. The maximum atomic E-state index is 12.6. The SMILES string of the molecule is COC(=O)c1ccc(N2CCC[C@H](C(=O)NC3CCC(O)CC3)C2)nc1. The summed E-state index contributed by atoms with van der Waals surface area (Å²) in [5.74, 6) is 0.411. The number of hydrogen-bond acceptors (Lipinski definition) is 6. The minimum Gasteiger partial charge on any atom is -0.465 e. The van der Waals surface area contributed by atoms with E-state index in [2.05, 4.69) is 19.9 Å². The Hall–Kier alpha value is -2.15. The molecular weight excluding hydrogens is 334 g/mol. The van der Waals surface area contributed by atoms with Crippen LogP contribution in [0.1, 0.15) is 48.9 Å². The number of ether oxygens (including phenoxy) is 1. The molecule has 0 aromatic carbocycles. The molecule has 1 amide bonds. The molecule has 7 heteroatoms. The fourth-order valence-electron chi connectivity index (χ4n) is 3.75. The quantitative estimate of drug-likeness (QED) is 0.790. The smallest absolute Gasteiger partial charge is 0.339 e. The van der Waals surface area contributed by atoms with Gasteiger partial charge in [0.05, 0.1) is 24.7 Å². The van der Waals surface area contributed by atoms with Crippen molar-refractivity contribution in [2.75, 3.05) is 25.1 Å². The normalized spacial score (nSPS) is 26.2. The zero-order valence-corrected chi connectivity index (χ0v) is 15.2. The maximum Gasteiger partial charge on any atom is 0.339 e. The molecule has 0 bridgehead atoms. The van der Waals surface area contributed by atoms with Gasteiger partial charge in [-0.1, -0.05) is 0 Å². The number of anilines is 1. The van der Waals surface area contributed by atoms with Gasteiger partial charge in [-0.3, -0.25) is 4.79 Å². The lowest BCUT2D eigenvalue weighted by Gasteiger charge is -2.34. The van der Waals surface area contributed by atoms with E-state index in [1.807, 2.05) is 0 Å². The van der Waals surface area contributed by atoms with Gasteiger partial charge in [-0.25, -0.2) is 9.78 Å². The van der Waals surface area contributed by atoms with E-state index in [9.17, 15) is 14.7 Å². The van der Waals surface area contributed by atoms with Crippen molar-refractivity contribution >= 4 is 17.7 Å². The standard InChI is InChI=1S/C19H27N3O4/c1-26-19(25)13-4-9-17(20-11-13)22-10-2-3-14(12-22)18(24)21-15-5-7-16(23)8-6-15/h4,9,11,14-16,23H,2-3,5-8,10,12H2,1H3,(H,21,24)/t14-,15?,16?/m0/s1. The molecule has 2 N–H and O–H groups in total. The number of piperidine rings is 1. The average Bonchev–Trinajstić information content (AvgIpc) is 2.69. The van der Waals surface area contributed by atoms with Crippen LogP contribution in [0.15, 0.2) is 18.3 Å². The number of hydrogen-bond donors (Lipinski definition) is 2. The summed E-state index contributed by atoms with van der Waals surface area (Å²) >= 11 is 0. The van der Waals surface area contributed by atoms with Gasteiger partial charge in [-0.2, -0.15) is 0 Å². The summed E-state index contributed by atoms with van der Waals surface area (Å²) in [4.78, 5) is 30.6. The summed E-state index contributed by atoms with van der Waals surface area (Å²) in [6.07, 6.45) is 6.32. The van der Waals surface area contributed by atoms with E-state index in [1.165, 1.54) is 13.3 Å². The minimum atomic E-state index is -0.405. The molecule has 2 fully saturated rings. The zero-order valence-electron chi connectivity index (χ0n) is 15.2. The number of aliphatic hydroxyl groups is 1. The molecule has 1 aliphatic heterocycles. The van der Waals surface area contributed by atoms with Gasteiger partial charge in [0.1, 0.15) is 5.82 Å². The van der Waals surface area contributed by atoms with E-state index >= 15 is 0 Å². The summed E-state index contributed by atoms with van der Waals surface area (Å²) in [7, 11) is 1.34. The first-order valence-corrected chi connectivity index (χ1v) is 9.34. The third-order valence-corrected chi connectivity index (χ3v) is 5.33. The Kier molecular flexibility index (Phi) is 6.08. The molecule has 3 rings (SSSR count). The summed E-state index contributed by atoms with van der Waals surface area (Å²) in [6.45, 7) is 1.48. The lowest BCUT2D eigenvalue weighted by molar-refractivity contribution is -0.126. The number of aromatic nitrogens is 1. The van der Waals surface area contributed by atoms with Crippen LogP contribution in [-0.4, -0.2) is 54.3 Å². The van der Waals surface area contributed by atoms with Gasteiger partial charge in [0.15, 0.2) is 0 Å². The number of methoxy groups -OCH3 is 1. The summed E-state index contributed by atoms with van der Waals surface area (Å²) in [5, 5.41) is 12.7. The molecule has 7 nitrogen and oxygen atoms in total. The van der Waals surface area contributed by atoms with Crippen LogP contribution in [0.4, 0.5) is 5.82 Å². The van der Waals surface area contributed by atoms with E-state index in [4.69, 9.17) is 0 Å². The first-order valence-electron chi connectivity index (χ1n) is 9.34. The Bertz CT molecular complexity index is 626. The van der Waals surface area contributed by atoms with Crippen molar-refractivity contribution in [1.82, 2.24) is 10.3 Å². The van der Waals surface area contributed by atoms with Crippen LogP contribution in [-0.2, 0) is 9.53 Å². The van der Waals surface area contributed by atoms with Gasteiger partial charge in [-0.15, -0.1) is 0 Å². The van der Waals surface area contributed by atoms with E-state index in [-0.39, 0.29) is 24.0 Å². The lowest BCUT2D eigenvalue weighted by atomic mass is 9.91. The molecule has 26 heavy (non-hydrogen) atoms. The van der Waals surface area contributed by atoms with Crippen molar-refractivity contribution in [1.29, 1.82) is 0 Å². The number of carbonyl (C=O) groups is 2. The highest BCUT2D eigenvalue weighted by Crippen LogP contribution is 2.24. The van der Waals surface area contributed by atoms with Gasteiger partial charge >= 0.3 is 5.97 Å². The predicted molar refractivity (Wildman–Crippen MR) is 96.9 cm³/mol. The van der Waals surface area contributed by atoms with Crippen LogP contribution in [0.5, 0.6) is 0 Å². The highest BCUT2D eigenvalue weighted by molar-refractivity contribution is 5.89. The number of aliphatic hydroxyl groups excluding tert-OH is 1. The zero-order chi connectivity index (χ0) is 18.5. The van der Waals surface area contributed by atoms with Crippen LogP contribution in [0.3, 0.4) is 0 Å². The van der Waals surface area contributed by atoms with Crippen LogP contribution in [0.25, 0.3) is 0 Å². The van der Waals surface area contributed by atoms with E-state index in [0.29, 0.717) is 12.1 Å². The Morgan fingerprint density at radius 1 is 1.23 bits per heavy atom. The Morgan fingerprint density at radius 2 is 2.00 bits per heavy atom. The van der Waals surface area contributed by atoms with Crippen molar-refractivity contribution in [2.45, 2.75) is 50.7 Å². The molecule has 2 aliphatic rings. The van der Waals surface area contributed by atoms with Crippen LogP contribution in [0, 0.1) is 5.92 Å². The molecule has 0 radical (unpaired) electrons. The molecule has 1 aliphatic carbocycles. The fourth-order valence-corrected chi connectivity index (χ4v) is 3.75. The lowest BCUT2D eigenvalue weighted by Crippen LogP contribution is -2.47. The Morgan fingerprint density at radius 3 is 2.65 bits per heavy atom. The second-order valence-electron chi connectivity index (χ2n) is 7.20. The highest BCUT2D eigenvalue weighted by atomic mass is 16.5. The largest absolute Gasteiger partial charge is 0.465 e. The Balaban J connectivity index is 1.56. The number of nitrogens with zero attached hydrogens (tertiary/aromatic N) is 2. The molecule has 1 atom stereocenters. The van der Waals surface area contributed by atoms with Gasteiger partial charge in [0.25, 0.3) is 0 Å². The molecule has 1 saturated heterocycles. The number of esters is 1. The maximum absolute atomic E-state index is 12.6. The number of rotatable bonds is 4. The Labute approximate surface area is 153 Å². The fraction of sp³-hybridized carbons (Fsp3) is 0.632. The monoisotopic (exact) mass is 361 g/mol. The van der Waals surface area contributed by atoms with E-state index in [1.54, 1.807) is 12.1 Å². The van der Waals surface area contributed by atoms with Crippen molar-refractivity contribution in [3.8, 4) is 0 Å². The summed E-state index contributed by atoms with van der Waals surface area (Å²) in [5.41, 5.74) is 0.419. The molecular formula is C19H27N3O4. The van der Waals surface area contributed by atoms with Crippen molar-refractivity contribution < 1.29 is 19.4 Å². The van der Waals surface area contributed by atoms with Crippen LogP contribution in [0.2, 0.25) is 0 Å². The number of nitrogens with one attached hydrogen (secondary N) is 1. The van der Waals surface area contributed by atoms with Crippen molar-refractivity contribution in [3.05, 3.63) is 23.9 Å².